The minimum absolute atomic E-state index is 0.105. The van der Waals surface area contributed by atoms with Crippen LogP contribution in [0.3, 0.4) is 0 Å². The lowest BCUT2D eigenvalue weighted by Gasteiger charge is -1.94. The topological polar surface area (TPSA) is 49.9 Å². The van der Waals surface area contributed by atoms with Crippen LogP contribution < -0.4 is 5.73 Å². The first-order valence-electron chi connectivity index (χ1n) is 3.52. The Morgan fingerprint density at radius 1 is 1.27 bits per heavy atom. The van der Waals surface area contributed by atoms with Crippen LogP contribution in [0.1, 0.15) is 13.8 Å². The smallest absolute Gasteiger partial charge is 0.122 e. The van der Waals surface area contributed by atoms with Crippen LogP contribution in [0.5, 0.6) is 0 Å². The molecule has 0 spiro atoms. The zero-order valence-electron chi connectivity index (χ0n) is 6.96. The van der Waals surface area contributed by atoms with E-state index in [0.29, 0.717) is 0 Å². The molecule has 0 fully saturated rings. The van der Waals surface area contributed by atoms with Gasteiger partial charge in [-0.3, -0.25) is 5.41 Å². The molecule has 0 aromatic rings. The van der Waals surface area contributed by atoms with Crippen molar-refractivity contribution < 1.29 is 0 Å². The van der Waals surface area contributed by atoms with Crippen LogP contribution >= 0.6 is 0 Å². The Morgan fingerprint density at radius 2 is 1.91 bits per heavy atom. The van der Waals surface area contributed by atoms with Crippen LogP contribution in [-0.2, 0) is 0 Å². The van der Waals surface area contributed by atoms with E-state index in [2.05, 4.69) is 0 Å². The van der Waals surface area contributed by atoms with Gasteiger partial charge in [0.15, 0.2) is 0 Å². The SMILES string of the molecule is C\C=C/C=C\C(=C/C)C(=N)N. The molecule has 0 bridgehead atoms. The molecule has 0 aromatic heterocycles. The predicted octanol–water partition coefficient (Wildman–Crippen LogP) is 2.00. The zero-order chi connectivity index (χ0) is 8.69. The molecule has 0 aliphatic carbocycles. The number of allylic oxidation sites excluding steroid dienone is 4. The second-order valence-corrected chi connectivity index (χ2v) is 2.04. The Hall–Kier alpha value is -1.31. The van der Waals surface area contributed by atoms with Crippen molar-refractivity contribution in [1.29, 1.82) is 5.41 Å². The van der Waals surface area contributed by atoms with E-state index in [1.165, 1.54) is 0 Å². The quantitative estimate of drug-likeness (QED) is 0.361. The van der Waals surface area contributed by atoms with Gasteiger partial charge in [0, 0.05) is 5.57 Å². The molecule has 2 heteroatoms. The lowest BCUT2D eigenvalue weighted by atomic mass is 10.2. The summed E-state index contributed by atoms with van der Waals surface area (Å²) in [6.07, 6.45) is 9.29. The predicted molar refractivity (Wildman–Crippen MR) is 49.6 cm³/mol. The van der Waals surface area contributed by atoms with Gasteiger partial charge in [0.05, 0.1) is 0 Å². The van der Waals surface area contributed by atoms with Gasteiger partial charge in [-0.15, -0.1) is 0 Å². The Labute approximate surface area is 67.6 Å². The summed E-state index contributed by atoms with van der Waals surface area (Å²) in [5.74, 6) is 0.105. The van der Waals surface area contributed by atoms with Gasteiger partial charge in [-0.1, -0.05) is 30.4 Å². The summed E-state index contributed by atoms with van der Waals surface area (Å²) >= 11 is 0. The lowest BCUT2D eigenvalue weighted by Crippen LogP contribution is -2.10. The van der Waals surface area contributed by atoms with Crippen LogP contribution in [0.25, 0.3) is 0 Å². The van der Waals surface area contributed by atoms with E-state index in [0.717, 1.165) is 5.57 Å². The highest BCUT2D eigenvalue weighted by atomic mass is 14.7. The number of nitrogens with two attached hydrogens (primary N) is 1. The highest BCUT2D eigenvalue weighted by molar-refractivity contribution is 5.96. The van der Waals surface area contributed by atoms with Gasteiger partial charge >= 0.3 is 0 Å². The Kier molecular flexibility index (Phi) is 4.82. The van der Waals surface area contributed by atoms with E-state index < -0.39 is 0 Å². The van der Waals surface area contributed by atoms with Crippen LogP contribution in [0.2, 0.25) is 0 Å². The van der Waals surface area contributed by atoms with Gasteiger partial charge in [0.1, 0.15) is 5.84 Å². The van der Waals surface area contributed by atoms with Crippen molar-refractivity contribution in [2.75, 3.05) is 0 Å². The third kappa shape index (κ3) is 4.14. The number of nitrogens with one attached hydrogen (secondary N) is 1. The second-order valence-electron chi connectivity index (χ2n) is 2.04. The normalized spacial score (nSPS) is 13.1. The molecule has 0 aliphatic rings. The molecule has 0 aromatic carbocycles. The highest BCUT2D eigenvalue weighted by Crippen LogP contribution is 1.95. The van der Waals surface area contributed by atoms with E-state index in [9.17, 15) is 0 Å². The monoisotopic (exact) mass is 150 g/mol. The Bertz CT molecular complexity index is 210. The van der Waals surface area contributed by atoms with Gasteiger partial charge in [0.25, 0.3) is 0 Å². The second kappa shape index (κ2) is 5.47. The molecule has 60 valence electrons. The molecule has 3 N–H and O–H groups in total. The molecule has 0 aliphatic heterocycles. The van der Waals surface area contributed by atoms with Gasteiger partial charge in [-0.2, -0.15) is 0 Å². The van der Waals surface area contributed by atoms with Crippen molar-refractivity contribution in [2.45, 2.75) is 13.8 Å². The fourth-order valence-corrected chi connectivity index (χ4v) is 0.612. The number of rotatable bonds is 3. The largest absolute Gasteiger partial charge is 0.384 e. The third-order valence-electron chi connectivity index (χ3n) is 1.20. The number of hydrogen-bond donors (Lipinski definition) is 2. The molecular formula is C9H14N2. The Balaban J connectivity index is 4.22. The van der Waals surface area contributed by atoms with E-state index in [-0.39, 0.29) is 5.84 Å². The van der Waals surface area contributed by atoms with Crippen LogP contribution in [0.15, 0.2) is 36.0 Å². The average molecular weight is 150 g/mol. The van der Waals surface area contributed by atoms with Gasteiger partial charge < -0.3 is 5.73 Å². The van der Waals surface area contributed by atoms with Crippen LogP contribution in [0.4, 0.5) is 0 Å². The highest BCUT2D eigenvalue weighted by Gasteiger charge is 1.90. The maximum atomic E-state index is 7.12. The summed E-state index contributed by atoms with van der Waals surface area (Å²) in [5, 5.41) is 7.12. The molecular weight excluding hydrogens is 136 g/mol. The van der Waals surface area contributed by atoms with Gasteiger partial charge in [-0.25, -0.2) is 0 Å². The maximum absolute atomic E-state index is 7.12. The fraction of sp³-hybridized carbons (Fsp3) is 0.222. The molecule has 0 unspecified atom stereocenters. The first-order chi connectivity index (χ1) is 5.22. The van der Waals surface area contributed by atoms with Gasteiger partial charge in [0.2, 0.25) is 0 Å². The van der Waals surface area contributed by atoms with Crippen LogP contribution in [0, 0.1) is 5.41 Å². The fourth-order valence-electron chi connectivity index (χ4n) is 0.612. The van der Waals surface area contributed by atoms with Crippen molar-refractivity contribution in [1.82, 2.24) is 0 Å². The summed E-state index contributed by atoms with van der Waals surface area (Å²) in [5.41, 5.74) is 6.02. The minimum Gasteiger partial charge on any atom is -0.384 e. The van der Waals surface area contributed by atoms with E-state index in [4.69, 9.17) is 11.1 Å². The molecule has 0 atom stereocenters. The maximum Gasteiger partial charge on any atom is 0.122 e. The molecule has 11 heavy (non-hydrogen) atoms. The summed E-state index contributed by atoms with van der Waals surface area (Å²) in [6, 6.07) is 0. The molecule has 0 radical (unpaired) electrons. The number of hydrogen-bond acceptors (Lipinski definition) is 1. The molecule has 0 saturated carbocycles. The first-order valence-corrected chi connectivity index (χ1v) is 3.52. The van der Waals surface area contributed by atoms with Crippen molar-refractivity contribution in [3.05, 3.63) is 36.0 Å². The first kappa shape index (κ1) is 9.69. The lowest BCUT2D eigenvalue weighted by molar-refractivity contribution is 1.42. The van der Waals surface area contributed by atoms with Crippen LogP contribution in [-0.4, -0.2) is 5.84 Å². The van der Waals surface area contributed by atoms with E-state index in [1.807, 2.05) is 44.2 Å². The van der Waals surface area contributed by atoms with Crippen molar-refractivity contribution in [3.8, 4) is 0 Å². The Morgan fingerprint density at radius 3 is 2.27 bits per heavy atom. The molecule has 0 rings (SSSR count). The molecule has 0 amide bonds. The van der Waals surface area contributed by atoms with Gasteiger partial charge in [-0.05, 0) is 13.8 Å². The summed E-state index contributed by atoms with van der Waals surface area (Å²) in [7, 11) is 0. The zero-order valence-corrected chi connectivity index (χ0v) is 6.96. The summed E-state index contributed by atoms with van der Waals surface area (Å²) in [4.78, 5) is 0. The molecule has 2 nitrogen and oxygen atoms in total. The summed E-state index contributed by atoms with van der Waals surface area (Å²) in [6.45, 7) is 3.80. The van der Waals surface area contributed by atoms with E-state index in [1.54, 1.807) is 0 Å². The van der Waals surface area contributed by atoms with E-state index >= 15 is 0 Å². The van der Waals surface area contributed by atoms with Crippen molar-refractivity contribution >= 4 is 5.84 Å². The minimum atomic E-state index is 0.105. The average Bonchev–Trinajstić information content (AvgIpc) is 1.97. The standard InChI is InChI=1S/C9H14N2/c1-3-5-6-7-8(4-2)9(10)11/h3-7H,1-2H3,(H3,10,11)/b5-3-,7-6-,8-4+. The third-order valence-corrected chi connectivity index (χ3v) is 1.20. The summed E-state index contributed by atoms with van der Waals surface area (Å²) < 4.78 is 0. The number of amidine groups is 1. The van der Waals surface area contributed by atoms with Crippen molar-refractivity contribution in [2.24, 2.45) is 5.73 Å². The van der Waals surface area contributed by atoms with Crippen molar-refractivity contribution in [3.63, 3.8) is 0 Å². The molecule has 0 saturated heterocycles. The molecule has 0 heterocycles.